The average Bonchev–Trinajstić information content (AvgIpc) is 2.44. The Morgan fingerprint density at radius 3 is 3.21 bits per heavy atom. The molecular formula is C11H14N2O. The van der Waals surface area contributed by atoms with E-state index in [1.165, 1.54) is 5.57 Å². The van der Waals surface area contributed by atoms with Gasteiger partial charge in [-0.25, -0.2) is 0 Å². The van der Waals surface area contributed by atoms with Crippen LogP contribution in [-0.2, 0) is 4.79 Å². The zero-order valence-electron chi connectivity index (χ0n) is 8.23. The molecule has 0 saturated heterocycles. The fourth-order valence-corrected chi connectivity index (χ4v) is 2.07. The number of carbonyl (C=O) groups excluding carboxylic acids is 1. The smallest absolute Gasteiger partial charge is 0.221 e. The third kappa shape index (κ3) is 1.45. The van der Waals surface area contributed by atoms with Crippen LogP contribution in [0.5, 0.6) is 0 Å². The molecule has 0 spiro atoms. The lowest BCUT2D eigenvalue weighted by Crippen LogP contribution is -2.24. The second kappa shape index (κ2) is 3.33. The standard InChI is InChI=1S/C11H14N2O/c1-13-7-8(6-11(12)14)9-4-2-3-5-10(9)13/h2-4,7,10H,5-6H2,1H3,(H2,12,14). The van der Waals surface area contributed by atoms with Crippen molar-refractivity contribution >= 4 is 5.91 Å². The molecule has 1 heterocycles. The van der Waals surface area contributed by atoms with Crippen LogP contribution < -0.4 is 5.73 Å². The first-order chi connectivity index (χ1) is 6.68. The predicted octanol–water partition coefficient (Wildman–Crippen LogP) is 0.946. The average molecular weight is 190 g/mol. The molecule has 1 aliphatic heterocycles. The minimum atomic E-state index is -0.263. The maximum absolute atomic E-state index is 10.9. The zero-order chi connectivity index (χ0) is 10.1. The highest BCUT2D eigenvalue weighted by atomic mass is 16.1. The maximum Gasteiger partial charge on any atom is 0.221 e. The Labute approximate surface area is 83.6 Å². The highest BCUT2D eigenvalue weighted by Gasteiger charge is 2.27. The normalized spacial score (nSPS) is 24.4. The van der Waals surface area contributed by atoms with Gasteiger partial charge < -0.3 is 10.6 Å². The number of likely N-dealkylation sites (N-methyl/N-ethyl adjacent to an activating group) is 1. The largest absolute Gasteiger partial charge is 0.373 e. The molecule has 1 atom stereocenters. The van der Waals surface area contributed by atoms with Crippen LogP contribution >= 0.6 is 0 Å². The molecule has 1 aliphatic carbocycles. The van der Waals surface area contributed by atoms with E-state index in [-0.39, 0.29) is 5.91 Å². The Bertz CT molecular complexity index is 352. The molecule has 0 aromatic carbocycles. The third-order valence-electron chi connectivity index (χ3n) is 2.72. The van der Waals surface area contributed by atoms with Crippen molar-refractivity contribution in [3.63, 3.8) is 0 Å². The van der Waals surface area contributed by atoms with Crippen molar-refractivity contribution in [3.05, 3.63) is 35.6 Å². The van der Waals surface area contributed by atoms with Gasteiger partial charge in [-0.3, -0.25) is 4.79 Å². The lowest BCUT2D eigenvalue weighted by Gasteiger charge is -2.22. The van der Waals surface area contributed by atoms with E-state index in [0.29, 0.717) is 12.5 Å². The van der Waals surface area contributed by atoms with Gasteiger partial charge >= 0.3 is 0 Å². The Morgan fingerprint density at radius 1 is 1.71 bits per heavy atom. The first-order valence-electron chi connectivity index (χ1n) is 4.76. The van der Waals surface area contributed by atoms with E-state index in [1.54, 1.807) is 0 Å². The molecule has 0 radical (unpaired) electrons. The fourth-order valence-electron chi connectivity index (χ4n) is 2.07. The lowest BCUT2D eigenvalue weighted by atomic mass is 9.94. The van der Waals surface area contributed by atoms with E-state index in [1.807, 2.05) is 19.3 Å². The maximum atomic E-state index is 10.9. The van der Waals surface area contributed by atoms with E-state index < -0.39 is 0 Å². The van der Waals surface area contributed by atoms with Crippen molar-refractivity contribution in [1.82, 2.24) is 4.90 Å². The minimum Gasteiger partial charge on any atom is -0.373 e. The first-order valence-corrected chi connectivity index (χ1v) is 4.76. The Kier molecular flexibility index (Phi) is 2.15. The van der Waals surface area contributed by atoms with Crippen molar-refractivity contribution in [2.45, 2.75) is 18.9 Å². The molecular weight excluding hydrogens is 176 g/mol. The highest BCUT2D eigenvalue weighted by Crippen LogP contribution is 2.32. The van der Waals surface area contributed by atoms with Gasteiger partial charge in [0.1, 0.15) is 0 Å². The molecule has 0 aromatic rings. The van der Waals surface area contributed by atoms with E-state index in [2.05, 4.69) is 17.1 Å². The van der Waals surface area contributed by atoms with Crippen LogP contribution in [0.15, 0.2) is 35.6 Å². The van der Waals surface area contributed by atoms with Gasteiger partial charge in [0, 0.05) is 13.2 Å². The van der Waals surface area contributed by atoms with Crippen LogP contribution in [0.2, 0.25) is 0 Å². The van der Waals surface area contributed by atoms with Crippen LogP contribution in [0.3, 0.4) is 0 Å². The topological polar surface area (TPSA) is 46.3 Å². The first kappa shape index (κ1) is 9.06. The zero-order valence-corrected chi connectivity index (χ0v) is 8.23. The molecule has 1 amide bonds. The fraction of sp³-hybridized carbons (Fsp3) is 0.364. The van der Waals surface area contributed by atoms with Crippen LogP contribution in [0.4, 0.5) is 0 Å². The Hall–Kier alpha value is -1.51. The van der Waals surface area contributed by atoms with Gasteiger partial charge in [0.15, 0.2) is 0 Å². The summed E-state index contributed by atoms with van der Waals surface area (Å²) in [5, 5.41) is 0. The summed E-state index contributed by atoms with van der Waals surface area (Å²) < 4.78 is 0. The van der Waals surface area contributed by atoms with Crippen molar-refractivity contribution in [2.24, 2.45) is 5.73 Å². The number of fused-ring (bicyclic) bond motifs is 1. The Balaban J connectivity index is 2.24. The van der Waals surface area contributed by atoms with E-state index >= 15 is 0 Å². The molecule has 3 heteroatoms. The molecule has 0 aromatic heterocycles. The minimum absolute atomic E-state index is 0.263. The second-order valence-corrected chi connectivity index (χ2v) is 3.76. The molecule has 2 N–H and O–H groups in total. The summed E-state index contributed by atoms with van der Waals surface area (Å²) in [4.78, 5) is 13.0. The summed E-state index contributed by atoms with van der Waals surface area (Å²) in [7, 11) is 2.03. The van der Waals surface area contributed by atoms with Gasteiger partial charge in [0.25, 0.3) is 0 Å². The molecule has 0 fully saturated rings. The van der Waals surface area contributed by atoms with Crippen LogP contribution in [0.25, 0.3) is 0 Å². The SMILES string of the molecule is CN1C=C(CC(N)=O)C2=CC=CCC21. The highest BCUT2D eigenvalue weighted by molar-refractivity contribution is 5.78. The van der Waals surface area contributed by atoms with Crippen molar-refractivity contribution in [2.75, 3.05) is 7.05 Å². The number of nitrogens with two attached hydrogens (primary N) is 1. The number of primary amides is 1. The second-order valence-electron chi connectivity index (χ2n) is 3.76. The monoisotopic (exact) mass is 190 g/mol. The number of hydrogen-bond donors (Lipinski definition) is 1. The van der Waals surface area contributed by atoms with Crippen molar-refractivity contribution in [1.29, 1.82) is 0 Å². The van der Waals surface area contributed by atoms with Gasteiger partial charge in [-0.05, 0) is 17.6 Å². The summed E-state index contributed by atoms with van der Waals surface area (Å²) in [6.07, 6.45) is 9.65. The van der Waals surface area contributed by atoms with Gasteiger partial charge in [0.05, 0.1) is 12.5 Å². The summed E-state index contributed by atoms with van der Waals surface area (Å²) in [5.41, 5.74) is 7.50. The predicted molar refractivity (Wildman–Crippen MR) is 55.3 cm³/mol. The third-order valence-corrected chi connectivity index (χ3v) is 2.72. The number of carbonyl (C=O) groups is 1. The van der Waals surface area contributed by atoms with Crippen LogP contribution in [0, 0.1) is 0 Å². The van der Waals surface area contributed by atoms with Gasteiger partial charge in [-0.15, -0.1) is 0 Å². The lowest BCUT2D eigenvalue weighted by molar-refractivity contribution is -0.117. The number of rotatable bonds is 2. The van der Waals surface area contributed by atoms with Gasteiger partial charge in [-0.2, -0.15) is 0 Å². The van der Waals surface area contributed by atoms with Crippen LogP contribution in [0.1, 0.15) is 12.8 Å². The quantitative estimate of drug-likeness (QED) is 0.704. The molecule has 3 nitrogen and oxygen atoms in total. The molecule has 0 bridgehead atoms. The summed E-state index contributed by atoms with van der Waals surface area (Å²) in [6, 6.07) is 0.411. The van der Waals surface area contributed by atoms with Crippen LogP contribution in [-0.4, -0.2) is 23.9 Å². The van der Waals surface area contributed by atoms with Gasteiger partial charge in [-0.1, -0.05) is 18.2 Å². The molecule has 74 valence electrons. The number of nitrogens with zero attached hydrogens (tertiary/aromatic N) is 1. The summed E-state index contributed by atoms with van der Waals surface area (Å²) in [6.45, 7) is 0. The molecule has 2 aliphatic rings. The van der Waals surface area contributed by atoms with E-state index in [4.69, 9.17) is 5.73 Å². The van der Waals surface area contributed by atoms with E-state index in [0.717, 1.165) is 12.0 Å². The van der Waals surface area contributed by atoms with Crippen molar-refractivity contribution < 1.29 is 4.79 Å². The molecule has 1 unspecified atom stereocenters. The van der Waals surface area contributed by atoms with E-state index in [9.17, 15) is 4.79 Å². The summed E-state index contributed by atoms with van der Waals surface area (Å²) >= 11 is 0. The summed E-state index contributed by atoms with van der Waals surface area (Å²) in [5.74, 6) is -0.263. The number of amides is 1. The van der Waals surface area contributed by atoms with Gasteiger partial charge in [0.2, 0.25) is 5.91 Å². The molecule has 14 heavy (non-hydrogen) atoms. The number of allylic oxidation sites excluding steroid dienone is 2. The molecule has 0 saturated carbocycles. The molecule has 2 rings (SSSR count). The van der Waals surface area contributed by atoms with Crippen molar-refractivity contribution in [3.8, 4) is 0 Å². The number of hydrogen-bond acceptors (Lipinski definition) is 2. The Morgan fingerprint density at radius 2 is 2.50 bits per heavy atom.